The largest absolute Gasteiger partial charge is 0.481 e. The predicted octanol–water partition coefficient (Wildman–Crippen LogP) is 3.39. The molecule has 0 radical (unpaired) electrons. The Morgan fingerprint density at radius 2 is 2.10 bits per heavy atom. The van der Waals surface area contributed by atoms with Crippen LogP contribution in [0.4, 0.5) is 0 Å². The van der Waals surface area contributed by atoms with E-state index in [4.69, 9.17) is 4.52 Å². The van der Waals surface area contributed by atoms with Gasteiger partial charge in [-0.3, -0.25) is 4.79 Å². The zero-order valence-corrected chi connectivity index (χ0v) is 12.9. The number of hydrogen-bond acceptors (Lipinski definition) is 4. The minimum Gasteiger partial charge on any atom is -0.481 e. The van der Waals surface area contributed by atoms with Crippen LogP contribution in [0.3, 0.4) is 0 Å². The van der Waals surface area contributed by atoms with Crippen LogP contribution in [0, 0.1) is 5.92 Å². The Balaban J connectivity index is 1.74. The Bertz CT molecular complexity index is 639. The molecule has 1 N–H and O–H groups in total. The number of halogens is 1. The van der Waals surface area contributed by atoms with Gasteiger partial charge in [-0.1, -0.05) is 39.6 Å². The van der Waals surface area contributed by atoms with Crippen molar-refractivity contribution in [1.82, 2.24) is 10.1 Å². The minimum absolute atomic E-state index is 0.145. The topological polar surface area (TPSA) is 76.2 Å². The van der Waals surface area contributed by atoms with E-state index in [1.54, 1.807) is 0 Å². The van der Waals surface area contributed by atoms with E-state index < -0.39 is 11.9 Å². The van der Waals surface area contributed by atoms with Gasteiger partial charge < -0.3 is 9.63 Å². The van der Waals surface area contributed by atoms with Crippen LogP contribution < -0.4 is 0 Å². The molecule has 1 heterocycles. The lowest BCUT2D eigenvalue weighted by atomic mass is 9.96. The number of carboxylic acids is 1. The van der Waals surface area contributed by atoms with E-state index in [-0.39, 0.29) is 5.92 Å². The summed E-state index contributed by atoms with van der Waals surface area (Å²) in [7, 11) is 0. The highest BCUT2D eigenvalue weighted by molar-refractivity contribution is 9.10. The first kappa shape index (κ1) is 14.3. The molecule has 2 unspecified atom stereocenters. The fourth-order valence-electron chi connectivity index (χ4n) is 2.83. The molecule has 1 saturated carbocycles. The van der Waals surface area contributed by atoms with Crippen LogP contribution in [0.25, 0.3) is 0 Å². The van der Waals surface area contributed by atoms with Gasteiger partial charge in [-0.2, -0.15) is 4.98 Å². The highest BCUT2D eigenvalue weighted by atomic mass is 79.9. The molecule has 1 aliphatic rings. The van der Waals surface area contributed by atoms with Crippen LogP contribution in [0.15, 0.2) is 33.3 Å². The lowest BCUT2D eigenvalue weighted by molar-refractivity contribution is -0.142. The molecule has 1 aromatic heterocycles. The van der Waals surface area contributed by atoms with Gasteiger partial charge in [0.1, 0.15) is 0 Å². The molecule has 3 rings (SSSR count). The summed E-state index contributed by atoms with van der Waals surface area (Å²) in [5, 5.41) is 13.2. The fraction of sp³-hybridized carbons (Fsp3) is 0.400. The van der Waals surface area contributed by atoms with E-state index in [0.717, 1.165) is 22.9 Å². The average Bonchev–Trinajstić information content (AvgIpc) is 3.09. The standard InChI is InChI=1S/C15H15BrN2O3/c16-10-6-4-9(5-7-10)8-13-17-14(21-18-13)11-2-1-3-12(11)15(19)20/h4-7,11-12H,1-3,8H2,(H,19,20). The molecular formula is C15H15BrN2O3. The van der Waals surface area contributed by atoms with Crippen molar-refractivity contribution in [2.24, 2.45) is 5.92 Å². The number of aliphatic carboxylic acids is 1. The number of hydrogen-bond donors (Lipinski definition) is 1. The van der Waals surface area contributed by atoms with Crippen LogP contribution in [0.5, 0.6) is 0 Å². The Kier molecular flexibility index (Phi) is 4.05. The first-order valence-corrected chi connectivity index (χ1v) is 7.72. The molecule has 5 nitrogen and oxygen atoms in total. The highest BCUT2D eigenvalue weighted by Gasteiger charge is 2.37. The molecule has 1 aromatic carbocycles. The van der Waals surface area contributed by atoms with Gasteiger partial charge in [0.2, 0.25) is 5.89 Å². The van der Waals surface area contributed by atoms with E-state index in [9.17, 15) is 9.90 Å². The second kappa shape index (κ2) is 5.97. The molecular weight excluding hydrogens is 336 g/mol. The average molecular weight is 351 g/mol. The molecule has 1 fully saturated rings. The maximum absolute atomic E-state index is 11.2. The number of benzene rings is 1. The normalized spacial score (nSPS) is 21.6. The summed E-state index contributed by atoms with van der Waals surface area (Å²) in [6.07, 6.45) is 2.97. The van der Waals surface area contributed by atoms with Crippen LogP contribution >= 0.6 is 15.9 Å². The van der Waals surface area contributed by atoms with E-state index in [2.05, 4.69) is 26.1 Å². The summed E-state index contributed by atoms with van der Waals surface area (Å²) >= 11 is 3.39. The van der Waals surface area contributed by atoms with Crippen molar-refractivity contribution in [3.05, 3.63) is 46.0 Å². The van der Waals surface area contributed by atoms with Crippen molar-refractivity contribution >= 4 is 21.9 Å². The van der Waals surface area contributed by atoms with Gasteiger partial charge >= 0.3 is 5.97 Å². The molecule has 0 saturated heterocycles. The quantitative estimate of drug-likeness (QED) is 0.914. The number of carbonyl (C=O) groups is 1. The van der Waals surface area contributed by atoms with Crippen LogP contribution in [-0.2, 0) is 11.2 Å². The molecule has 2 aromatic rings. The second-order valence-electron chi connectivity index (χ2n) is 5.33. The Labute approximate surface area is 130 Å². The van der Waals surface area contributed by atoms with Gasteiger partial charge in [0.15, 0.2) is 5.82 Å². The number of rotatable bonds is 4. The van der Waals surface area contributed by atoms with Crippen LogP contribution in [0.2, 0.25) is 0 Å². The Hall–Kier alpha value is -1.69. The molecule has 6 heteroatoms. The molecule has 0 aliphatic heterocycles. The summed E-state index contributed by atoms with van der Waals surface area (Å²) in [5.41, 5.74) is 1.09. The summed E-state index contributed by atoms with van der Waals surface area (Å²) in [5.74, 6) is -0.250. The maximum atomic E-state index is 11.2. The molecule has 0 amide bonds. The van der Waals surface area contributed by atoms with Crippen molar-refractivity contribution in [1.29, 1.82) is 0 Å². The predicted molar refractivity (Wildman–Crippen MR) is 79.0 cm³/mol. The minimum atomic E-state index is -0.773. The summed E-state index contributed by atoms with van der Waals surface area (Å²) in [6, 6.07) is 7.92. The van der Waals surface area contributed by atoms with Crippen molar-refractivity contribution in [3.63, 3.8) is 0 Å². The van der Waals surface area contributed by atoms with E-state index in [1.807, 2.05) is 24.3 Å². The first-order valence-electron chi connectivity index (χ1n) is 6.93. The summed E-state index contributed by atoms with van der Waals surface area (Å²) < 4.78 is 6.31. The van der Waals surface area contributed by atoms with Crippen molar-refractivity contribution in [3.8, 4) is 0 Å². The zero-order valence-electron chi connectivity index (χ0n) is 11.3. The second-order valence-corrected chi connectivity index (χ2v) is 6.25. The smallest absolute Gasteiger partial charge is 0.307 e. The molecule has 0 spiro atoms. The van der Waals surface area contributed by atoms with Gasteiger partial charge in [0, 0.05) is 10.9 Å². The van der Waals surface area contributed by atoms with Gasteiger partial charge in [-0.15, -0.1) is 0 Å². The first-order chi connectivity index (χ1) is 10.1. The van der Waals surface area contributed by atoms with E-state index in [0.29, 0.717) is 24.6 Å². The van der Waals surface area contributed by atoms with Crippen molar-refractivity contribution < 1.29 is 14.4 Å². The molecule has 21 heavy (non-hydrogen) atoms. The van der Waals surface area contributed by atoms with Gasteiger partial charge in [0.05, 0.1) is 11.8 Å². The number of carboxylic acid groups (broad SMARTS) is 1. The van der Waals surface area contributed by atoms with E-state index in [1.165, 1.54) is 0 Å². The van der Waals surface area contributed by atoms with Crippen molar-refractivity contribution in [2.45, 2.75) is 31.6 Å². The van der Waals surface area contributed by atoms with Gasteiger partial charge in [-0.05, 0) is 30.5 Å². The third-order valence-corrected chi connectivity index (χ3v) is 4.44. The molecule has 1 aliphatic carbocycles. The molecule has 110 valence electrons. The SMILES string of the molecule is O=C(O)C1CCCC1c1nc(Cc2ccc(Br)cc2)no1. The van der Waals surface area contributed by atoms with E-state index >= 15 is 0 Å². The third kappa shape index (κ3) is 3.15. The third-order valence-electron chi connectivity index (χ3n) is 3.91. The highest BCUT2D eigenvalue weighted by Crippen LogP contribution is 2.39. The van der Waals surface area contributed by atoms with Gasteiger partial charge in [0.25, 0.3) is 0 Å². The van der Waals surface area contributed by atoms with Crippen molar-refractivity contribution in [2.75, 3.05) is 0 Å². The lowest BCUT2D eigenvalue weighted by Crippen LogP contribution is -2.17. The molecule has 2 atom stereocenters. The Morgan fingerprint density at radius 1 is 1.33 bits per heavy atom. The maximum Gasteiger partial charge on any atom is 0.307 e. The Morgan fingerprint density at radius 3 is 2.81 bits per heavy atom. The monoisotopic (exact) mass is 350 g/mol. The van der Waals surface area contributed by atoms with Crippen LogP contribution in [0.1, 0.15) is 42.5 Å². The fourth-order valence-corrected chi connectivity index (χ4v) is 3.09. The molecule has 0 bridgehead atoms. The summed E-state index contributed by atoms with van der Waals surface area (Å²) in [4.78, 5) is 15.6. The number of nitrogens with zero attached hydrogens (tertiary/aromatic N) is 2. The van der Waals surface area contributed by atoms with Crippen LogP contribution in [-0.4, -0.2) is 21.2 Å². The zero-order chi connectivity index (χ0) is 14.8. The summed E-state index contributed by atoms with van der Waals surface area (Å²) in [6.45, 7) is 0. The number of aromatic nitrogens is 2. The lowest BCUT2D eigenvalue weighted by Gasteiger charge is -2.10. The van der Waals surface area contributed by atoms with Gasteiger partial charge in [-0.25, -0.2) is 0 Å².